The Morgan fingerprint density at radius 2 is 1.77 bits per heavy atom. The number of rotatable bonds is 7. The summed E-state index contributed by atoms with van der Waals surface area (Å²) < 4.78 is 26.4. The number of benzene rings is 4. The van der Waals surface area contributed by atoms with Gasteiger partial charge in [0.15, 0.2) is 17.3 Å². The summed E-state index contributed by atoms with van der Waals surface area (Å²) >= 11 is 6.21. The van der Waals surface area contributed by atoms with Gasteiger partial charge in [-0.05, 0) is 98.3 Å². The first-order valence-electron chi connectivity index (χ1n) is 15.0. The van der Waals surface area contributed by atoms with Crippen LogP contribution in [-0.2, 0) is 6.61 Å². The van der Waals surface area contributed by atoms with Crippen LogP contribution in [0.2, 0.25) is 5.02 Å². The quantitative estimate of drug-likeness (QED) is 0.163. The highest BCUT2D eigenvalue weighted by Crippen LogP contribution is 2.33. The highest BCUT2D eigenvalue weighted by Gasteiger charge is 2.18. The van der Waals surface area contributed by atoms with Crippen molar-refractivity contribution >= 4 is 39.7 Å². The molecule has 1 aliphatic rings. The fraction of sp³-hybridized carbons (Fsp3) is 0.108. The van der Waals surface area contributed by atoms with Crippen LogP contribution in [0.1, 0.15) is 22.5 Å². The lowest BCUT2D eigenvalue weighted by Crippen LogP contribution is -2.20. The number of hydrogen-bond acceptors (Lipinski definition) is 7. The van der Waals surface area contributed by atoms with Crippen molar-refractivity contribution in [3.05, 3.63) is 135 Å². The van der Waals surface area contributed by atoms with Crippen LogP contribution in [0.4, 0.5) is 0 Å². The molecule has 0 radical (unpaired) electrons. The van der Waals surface area contributed by atoms with Crippen LogP contribution in [0.3, 0.4) is 0 Å². The Labute approximate surface area is 273 Å². The summed E-state index contributed by atoms with van der Waals surface area (Å²) in [6, 6.07) is 30.1. The second kappa shape index (κ2) is 11.5. The topological polar surface area (TPSA) is 93.0 Å². The van der Waals surface area contributed by atoms with Crippen LogP contribution in [0.5, 0.6) is 17.2 Å². The Hall–Kier alpha value is -5.80. The van der Waals surface area contributed by atoms with Gasteiger partial charge in [-0.15, -0.1) is 0 Å². The van der Waals surface area contributed by atoms with E-state index in [0.717, 1.165) is 50.8 Å². The Morgan fingerprint density at radius 3 is 2.64 bits per heavy atom. The zero-order valence-corrected chi connectivity index (χ0v) is 26.2. The summed E-state index contributed by atoms with van der Waals surface area (Å²) in [4.78, 5) is 18.5. The lowest BCUT2D eigenvalue weighted by molar-refractivity contribution is 0.174. The minimum absolute atomic E-state index is 0.242. The van der Waals surface area contributed by atoms with Crippen LogP contribution in [-0.4, -0.2) is 27.2 Å². The van der Waals surface area contributed by atoms with Gasteiger partial charge in [-0.2, -0.15) is 9.78 Å². The van der Waals surface area contributed by atoms with E-state index in [-0.39, 0.29) is 12.4 Å². The second-order valence-electron chi connectivity index (χ2n) is 11.2. The molecule has 232 valence electrons. The van der Waals surface area contributed by atoms with Crippen molar-refractivity contribution in [2.45, 2.75) is 20.5 Å². The monoisotopic (exact) mass is 642 g/mol. The summed E-state index contributed by atoms with van der Waals surface area (Å²) in [6.07, 6.45) is 1.68. The summed E-state index contributed by atoms with van der Waals surface area (Å²) in [5, 5.41) is 6.52. The van der Waals surface area contributed by atoms with Gasteiger partial charge in [0.25, 0.3) is 5.56 Å². The van der Waals surface area contributed by atoms with Crippen molar-refractivity contribution in [3.63, 3.8) is 0 Å². The molecule has 0 amide bonds. The molecule has 8 rings (SSSR count). The molecular weight excluding hydrogens is 616 g/mol. The van der Waals surface area contributed by atoms with Crippen molar-refractivity contribution in [2.24, 2.45) is 5.10 Å². The Morgan fingerprint density at radius 1 is 0.936 bits per heavy atom. The first-order chi connectivity index (χ1) is 22.9. The first kappa shape index (κ1) is 28.7. The number of halogens is 1. The number of aryl methyl sites for hydroxylation is 1. The number of fused-ring (bicyclic) bond motifs is 3. The number of nitrogens with zero attached hydrogens (tertiary/aromatic N) is 4. The van der Waals surface area contributed by atoms with E-state index in [2.05, 4.69) is 9.67 Å². The van der Waals surface area contributed by atoms with Gasteiger partial charge < -0.3 is 23.2 Å². The minimum atomic E-state index is -0.300. The van der Waals surface area contributed by atoms with Crippen LogP contribution in [0.25, 0.3) is 39.1 Å². The maximum absolute atomic E-state index is 13.7. The molecule has 0 unspecified atom stereocenters. The van der Waals surface area contributed by atoms with E-state index in [0.29, 0.717) is 39.7 Å². The van der Waals surface area contributed by atoms with Gasteiger partial charge >= 0.3 is 0 Å². The maximum atomic E-state index is 13.7. The number of para-hydroxylation sites is 1. The zero-order valence-electron chi connectivity index (χ0n) is 25.4. The molecule has 0 bridgehead atoms. The largest absolute Gasteiger partial charge is 0.489 e. The number of furan rings is 1. The van der Waals surface area contributed by atoms with Gasteiger partial charge in [0.05, 0.1) is 17.1 Å². The average molecular weight is 643 g/mol. The highest BCUT2D eigenvalue weighted by molar-refractivity contribution is 6.31. The third kappa shape index (κ3) is 5.30. The molecule has 0 N–H and O–H groups in total. The van der Waals surface area contributed by atoms with Crippen LogP contribution < -0.4 is 19.8 Å². The van der Waals surface area contributed by atoms with Crippen LogP contribution >= 0.6 is 11.6 Å². The molecule has 9 nitrogen and oxygen atoms in total. The van der Waals surface area contributed by atoms with Crippen molar-refractivity contribution in [1.29, 1.82) is 0 Å². The lowest BCUT2D eigenvalue weighted by Gasteiger charge is -2.12. The van der Waals surface area contributed by atoms with Crippen molar-refractivity contribution in [1.82, 2.24) is 14.2 Å². The number of ether oxygens (including phenoxy) is 3. The Balaban J connectivity index is 1.09. The summed E-state index contributed by atoms with van der Waals surface area (Å²) in [6.45, 7) is 4.70. The van der Waals surface area contributed by atoms with E-state index in [9.17, 15) is 4.79 Å². The molecule has 7 aromatic rings. The van der Waals surface area contributed by atoms with Crippen LogP contribution in [0.15, 0.2) is 111 Å². The van der Waals surface area contributed by atoms with Gasteiger partial charge in [0.2, 0.25) is 12.6 Å². The molecule has 3 aromatic heterocycles. The van der Waals surface area contributed by atoms with Crippen LogP contribution in [0, 0.1) is 13.8 Å². The van der Waals surface area contributed by atoms with Gasteiger partial charge in [0.1, 0.15) is 17.9 Å². The van der Waals surface area contributed by atoms with Gasteiger partial charge in [-0.1, -0.05) is 29.8 Å². The number of hydrogen-bond donors (Lipinski definition) is 0. The molecule has 4 heterocycles. The lowest BCUT2D eigenvalue weighted by atomic mass is 10.2. The molecule has 0 aliphatic carbocycles. The molecule has 0 saturated carbocycles. The van der Waals surface area contributed by atoms with Gasteiger partial charge in [-0.3, -0.25) is 4.79 Å². The molecular formula is C37H27ClN4O5. The molecule has 0 spiro atoms. The molecule has 0 saturated heterocycles. The molecule has 0 atom stereocenters. The third-order valence-corrected chi connectivity index (χ3v) is 8.41. The summed E-state index contributed by atoms with van der Waals surface area (Å²) in [5.74, 6) is 2.94. The fourth-order valence-electron chi connectivity index (χ4n) is 5.84. The standard InChI is InChI=1S/C37H27ClN4O5/c1-22-15-26(23(2)41(22)28-9-11-29(12-10-28)44-20-24-7-13-33-34(16-24)46-21-45-33)19-39-42-36(40-31-6-4-3-5-30(31)37(42)43)35-18-25-17-27(38)8-14-32(25)47-35/h3-19H,20-21H2,1-2H3. The van der Waals surface area contributed by atoms with E-state index in [1.54, 1.807) is 30.5 Å². The average Bonchev–Trinajstić information content (AvgIpc) is 3.80. The van der Waals surface area contributed by atoms with E-state index in [1.807, 2.05) is 86.6 Å². The molecule has 1 aliphatic heterocycles. The normalized spacial score (nSPS) is 12.5. The van der Waals surface area contributed by atoms with E-state index in [4.69, 9.17) is 35.2 Å². The van der Waals surface area contributed by atoms with Crippen molar-refractivity contribution in [2.75, 3.05) is 6.79 Å². The van der Waals surface area contributed by atoms with E-state index in [1.165, 1.54) is 4.68 Å². The summed E-state index contributed by atoms with van der Waals surface area (Å²) in [5.41, 5.74) is 5.68. The van der Waals surface area contributed by atoms with E-state index >= 15 is 0 Å². The first-order valence-corrected chi connectivity index (χ1v) is 15.4. The van der Waals surface area contributed by atoms with Crippen molar-refractivity contribution in [3.8, 4) is 34.5 Å². The number of aromatic nitrogens is 3. The SMILES string of the molecule is Cc1cc(C=Nn2c(-c3cc4cc(Cl)ccc4o3)nc3ccccc3c2=O)c(C)n1-c1ccc(OCc2ccc3c(c2)OCO3)cc1. The minimum Gasteiger partial charge on any atom is -0.489 e. The second-order valence-corrected chi connectivity index (χ2v) is 11.7. The molecule has 4 aromatic carbocycles. The third-order valence-electron chi connectivity index (χ3n) is 8.17. The smallest absolute Gasteiger partial charge is 0.282 e. The van der Waals surface area contributed by atoms with Crippen molar-refractivity contribution < 1.29 is 18.6 Å². The predicted octanol–water partition coefficient (Wildman–Crippen LogP) is 8.06. The van der Waals surface area contributed by atoms with Gasteiger partial charge in [-0.25, -0.2) is 4.98 Å². The van der Waals surface area contributed by atoms with E-state index < -0.39 is 0 Å². The Kier molecular flexibility index (Phi) is 7.03. The maximum Gasteiger partial charge on any atom is 0.282 e. The molecule has 47 heavy (non-hydrogen) atoms. The zero-order chi connectivity index (χ0) is 32.1. The predicted molar refractivity (Wildman–Crippen MR) is 181 cm³/mol. The van der Waals surface area contributed by atoms with Gasteiger partial charge in [0, 0.05) is 33.0 Å². The molecule has 10 heteroatoms. The molecule has 0 fully saturated rings. The Bertz CT molecular complexity index is 2410. The summed E-state index contributed by atoms with van der Waals surface area (Å²) in [7, 11) is 0. The fourth-order valence-corrected chi connectivity index (χ4v) is 6.02. The highest BCUT2D eigenvalue weighted by atomic mass is 35.5.